The van der Waals surface area contributed by atoms with Crippen molar-refractivity contribution >= 4 is 29.0 Å². The van der Waals surface area contributed by atoms with Gasteiger partial charge in [-0.15, -0.1) is 0 Å². The molecule has 0 spiro atoms. The summed E-state index contributed by atoms with van der Waals surface area (Å²) in [4.78, 5) is 25.2. The summed E-state index contributed by atoms with van der Waals surface area (Å²) >= 11 is 5.90. The van der Waals surface area contributed by atoms with Gasteiger partial charge >= 0.3 is 0 Å². The number of hydrogen-bond acceptors (Lipinski definition) is 2. The number of amides is 1. The Labute approximate surface area is 119 Å². The first-order valence-electron chi connectivity index (χ1n) is 5.96. The lowest BCUT2D eigenvalue weighted by atomic mass is 10.1. The van der Waals surface area contributed by atoms with Crippen LogP contribution in [0.25, 0.3) is 0 Å². The second-order valence-electron chi connectivity index (χ2n) is 4.51. The standard InChI is InChI=1S/C15H9ClFNO2/c16-10-4-5-12-13(7-10)18(15(20)14(12)19)8-9-2-1-3-11(17)6-9/h1-7H,8H2. The summed E-state index contributed by atoms with van der Waals surface area (Å²) in [6.07, 6.45) is 0. The van der Waals surface area contributed by atoms with Crippen molar-refractivity contribution in [2.75, 3.05) is 4.90 Å². The van der Waals surface area contributed by atoms with Crippen molar-refractivity contribution in [2.24, 2.45) is 0 Å². The fourth-order valence-electron chi connectivity index (χ4n) is 2.24. The van der Waals surface area contributed by atoms with Gasteiger partial charge in [-0.25, -0.2) is 4.39 Å². The van der Waals surface area contributed by atoms with Crippen LogP contribution in [0.5, 0.6) is 0 Å². The molecule has 0 bridgehead atoms. The third-order valence-electron chi connectivity index (χ3n) is 3.16. The van der Waals surface area contributed by atoms with Gasteiger partial charge in [-0.05, 0) is 35.9 Å². The molecule has 0 fully saturated rings. The fraction of sp³-hybridized carbons (Fsp3) is 0.0667. The molecule has 20 heavy (non-hydrogen) atoms. The molecule has 3 rings (SSSR count). The van der Waals surface area contributed by atoms with Crippen molar-refractivity contribution in [3.05, 3.63) is 64.4 Å². The maximum Gasteiger partial charge on any atom is 0.299 e. The number of benzene rings is 2. The van der Waals surface area contributed by atoms with Gasteiger partial charge in [-0.3, -0.25) is 9.59 Å². The zero-order valence-electron chi connectivity index (χ0n) is 10.3. The van der Waals surface area contributed by atoms with E-state index < -0.39 is 11.7 Å². The molecule has 0 aromatic heterocycles. The fourth-order valence-corrected chi connectivity index (χ4v) is 2.41. The molecule has 5 heteroatoms. The summed E-state index contributed by atoms with van der Waals surface area (Å²) in [7, 11) is 0. The van der Waals surface area contributed by atoms with E-state index in [1.54, 1.807) is 24.3 Å². The SMILES string of the molecule is O=C1C(=O)N(Cc2cccc(F)c2)c2cc(Cl)ccc21. The van der Waals surface area contributed by atoms with E-state index in [0.29, 0.717) is 21.8 Å². The first-order chi connectivity index (χ1) is 9.56. The zero-order valence-corrected chi connectivity index (χ0v) is 11.0. The van der Waals surface area contributed by atoms with E-state index in [0.717, 1.165) is 0 Å². The molecule has 0 aliphatic carbocycles. The molecule has 0 atom stereocenters. The highest BCUT2D eigenvalue weighted by atomic mass is 35.5. The Kier molecular flexibility index (Phi) is 3.03. The van der Waals surface area contributed by atoms with Crippen LogP contribution in [-0.2, 0) is 11.3 Å². The summed E-state index contributed by atoms with van der Waals surface area (Å²) < 4.78 is 13.2. The second-order valence-corrected chi connectivity index (χ2v) is 4.95. The van der Waals surface area contributed by atoms with E-state index in [1.807, 2.05) is 0 Å². The lowest BCUT2D eigenvalue weighted by Crippen LogP contribution is -2.29. The van der Waals surface area contributed by atoms with Crippen molar-refractivity contribution < 1.29 is 14.0 Å². The number of anilines is 1. The predicted octanol–water partition coefficient (Wildman–Crippen LogP) is 3.21. The maximum atomic E-state index is 13.2. The van der Waals surface area contributed by atoms with Gasteiger partial charge in [0.2, 0.25) is 0 Å². The first kappa shape index (κ1) is 12.8. The summed E-state index contributed by atoms with van der Waals surface area (Å²) in [6, 6.07) is 10.6. The van der Waals surface area contributed by atoms with Gasteiger partial charge in [0.1, 0.15) is 5.82 Å². The van der Waals surface area contributed by atoms with Gasteiger partial charge in [0, 0.05) is 5.02 Å². The van der Waals surface area contributed by atoms with Crippen LogP contribution in [0, 0.1) is 5.82 Å². The van der Waals surface area contributed by atoms with Crippen LogP contribution in [0.1, 0.15) is 15.9 Å². The van der Waals surface area contributed by atoms with E-state index in [2.05, 4.69) is 0 Å². The van der Waals surface area contributed by atoms with E-state index >= 15 is 0 Å². The minimum atomic E-state index is -0.619. The van der Waals surface area contributed by atoms with E-state index in [-0.39, 0.29) is 12.4 Å². The predicted molar refractivity (Wildman–Crippen MR) is 73.4 cm³/mol. The molecule has 100 valence electrons. The molecule has 0 saturated heterocycles. The van der Waals surface area contributed by atoms with Crippen LogP contribution in [0.2, 0.25) is 5.02 Å². The molecule has 3 nitrogen and oxygen atoms in total. The quantitative estimate of drug-likeness (QED) is 0.796. The molecule has 0 unspecified atom stereocenters. The van der Waals surface area contributed by atoms with Crippen molar-refractivity contribution in [3.8, 4) is 0 Å². The lowest BCUT2D eigenvalue weighted by molar-refractivity contribution is -0.114. The topological polar surface area (TPSA) is 37.4 Å². The van der Waals surface area contributed by atoms with Crippen LogP contribution < -0.4 is 4.90 Å². The Morgan fingerprint density at radius 1 is 1.10 bits per heavy atom. The largest absolute Gasteiger partial charge is 0.300 e. The number of hydrogen-bond donors (Lipinski definition) is 0. The van der Waals surface area contributed by atoms with E-state index in [4.69, 9.17) is 11.6 Å². The Morgan fingerprint density at radius 2 is 1.90 bits per heavy atom. The highest BCUT2D eigenvalue weighted by Crippen LogP contribution is 2.32. The number of halogens is 2. The summed E-state index contributed by atoms with van der Waals surface area (Å²) in [5.74, 6) is -1.56. The molecule has 1 aliphatic heterocycles. The Hall–Kier alpha value is -2.20. The minimum Gasteiger partial charge on any atom is -0.300 e. The van der Waals surface area contributed by atoms with Gasteiger partial charge in [-0.1, -0.05) is 23.7 Å². The Bertz CT molecular complexity index is 730. The molecule has 0 saturated carbocycles. The highest BCUT2D eigenvalue weighted by molar-refractivity contribution is 6.52. The smallest absolute Gasteiger partial charge is 0.299 e. The van der Waals surface area contributed by atoms with E-state index in [9.17, 15) is 14.0 Å². The van der Waals surface area contributed by atoms with Crippen LogP contribution in [0.4, 0.5) is 10.1 Å². The first-order valence-corrected chi connectivity index (χ1v) is 6.34. The monoisotopic (exact) mass is 289 g/mol. The molecule has 0 radical (unpaired) electrons. The summed E-state index contributed by atoms with van der Waals surface area (Å²) in [5, 5.41) is 0.440. The third-order valence-corrected chi connectivity index (χ3v) is 3.40. The van der Waals surface area contributed by atoms with Crippen molar-refractivity contribution in [2.45, 2.75) is 6.54 Å². The van der Waals surface area contributed by atoms with Crippen LogP contribution >= 0.6 is 11.6 Å². The molecule has 0 N–H and O–H groups in total. The minimum absolute atomic E-state index is 0.135. The number of carbonyl (C=O) groups excluding carboxylic acids is 2. The number of fused-ring (bicyclic) bond motifs is 1. The average molecular weight is 290 g/mol. The van der Waals surface area contributed by atoms with Crippen molar-refractivity contribution in [1.29, 1.82) is 0 Å². The van der Waals surface area contributed by atoms with Crippen LogP contribution in [0.15, 0.2) is 42.5 Å². The number of ketones is 1. The summed E-state index contributed by atoms with van der Waals surface area (Å²) in [5.41, 5.74) is 1.41. The molecular weight excluding hydrogens is 281 g/mol. The number of carbonyl (C=O) groups is 2. The van der Waals surface area contributed by atoms with Crippen molar-refractivity contribution in [1.82, 2.24) is 0 Å². The van der Waals surface area contributed by atoms with Crippen LogP contribution in [0.3, 0.4) is 0 Å². The van der Waals surface area contributed by atoms with Gasteiger partial charge in [0.05, 0.1) is 17.8 Å². The molecular formula is C15H9ClFNO2. The number of Topliss-reactive ketones (excluding diaryl/α,β-unsaturated/α-hetero) is 1. The van der Waals surface area contributed by atoms with Gasteiger partial charge < -0.3 is 4.90 Å². The molecule has 2 aromatic carbocycles. The third kappa shape index (κ3) is 2.08. The zero-order chi connectivity index (χ0) is 14.3. The number of nitrogens with zero attached hydrogens (tertiary/aromatic N) is 1. The molecule has 2 aromatic rings. The number of rotatable bonds is 2. The maximum absolute atomic E-state index is 13.2. The van der Waals surface area contributed by atoms with E-state index in [1.165, 1.54) is 23.1 Å². The summed E-state index contributed by atoms with van der Waals surface area (Å²) in [6.45, 7) is 0.135. The second kappa shape index (κ2) is 4.72. The molecule has 1 heterocycles. The lowest BCUT2D eigenvalue weighted by Gasteiger charge is -2.16. The van der Waals surface area contributed by atoms with Gasteiger partial charge in [-0.2, -0.15) is 0 Å². The van der Waals surface area contributed by atoms with Gasteiger partial charge in [0.25, 0.3) is 11.7 Å². The highest BCUT2D eigenvalue weighted by Gasteiger charge is 2.35. The molecule has 1 aliphatic rings. The molecule has 1 amide bonds. The average Bonchev–Trinajstić information content (AvgIpc) is 2.64. The Morgan fingerprint density at radius 3 is 2.65 bits per heavy atom. The van der Waals surface area contributed by atoms with Crippen LogP contribution in [-0.4, -0.2) is 11.7 Å². The Balaban J connectivity index is 2.01. The van der Waals surface area contributed by atoms with Crippen molar-refractivity contribution in [3.63, 3.8) is 0 Å². The van der Waals surface area contributed by atoms with Gasteiger partial charge in [0.15, 0.2) is 0 Å². The normalized spacial score (nSPS) is 13.8.